The monoisotopic (exact) mass is 382 g/mol. The van der Waals surface area contributed by atoms with Crippen molar-refractivity contribution >= 4 is 6.09 Å². The molecule has 1 N–H and O–H groups in total. The number of β-amino-alcohol motifs (C(OH)–C–C–N with tert-alkyl or cyclic N) is 1. The van der Waals surface area contributed by atoms with Crippen molar-refractivity contribution in [3.8, 4) is 0 Å². The smallest absolute Gasteiger partial charge is 0.410 e. The van der Waals surface area contributed by atoms with Gasteiger partial charge in [-0.05, 0) is 31.9 Å². The van der Waals surface area contributed by atoms with E-state index in [1.165, 1.54) is 11.1 Å². The van der Waals surface area contributed by atoms with Gasteiger partial charge in [-0.25, -0.2) is 4.79 Å². The lowest BCUT2D eigenvalue weighted by atomic mass is 10.1. The van der Waals surface area contributed by atoms with Gasteiger partial charge in [-0.3, -0.25) is 4.90 Å². The number of benzene rings is 2. The third kappa shape index (κ3) is 5.57. The van der Waals surface area contributed by atoms with E-state index in [0.717, 1.165) is 0 Å². The summed E-state index contributed by atoms with van der Waals surface area (Å²) in [6.07, 6.45) is -0.978. The average molecular weight is 383 g/mol. The van der Waals surface area contributed by atoms with E-state index in [4.69, 9.17) is 4.74 Å². The molecule has 0 bridgehead atoms. The number of aliphatic hydroxyl groups is 1. The first-order valence-electron chi connectivity index (χ1n) is 9.80. The second-order valence-electron chi connectivity index (χ2n) is 8.40. The van der Waals surface area contributed by atoms with E-state index in [0.29, 0.717) is 26.2 Å². The van der Waals surface area contributed by atoms with E-state index in [2.05, 4.69) is 29.2 Å². The summed E-state index contributed by atoms with van der Waals surface area (Å²) in [5, 5.41) is 10.7. The first-order valence-corrected chi connectivity index (χ1v) is 9.80. The van der Waals surface area contributed by atoms with Crippen LogP contribution in [-0.4, -0.2) is 51.8 Å². The fourth-order valence-electron chi connectivity index (χ4n) is 3.53. The Bertz CT molecular complexity index is 717. The Balaban J connectivity index is 1.76. The largest absolute Gasteiger partial charge is 0.444 e. The summed E-state index contributed by atoms with van der Waals surface area (Å²) in [6, 6.07) is 20.3. The van der Waals surface area contributed by atoms with Crippen molar-refractivity contribution in [3.63, 3.8) is 0 Å². The number of rotatable bonds is 5. The summed E-state index contributed by atoms with van der Waals surface area (Å²) in [5.74, 6) is 0. The number of amides is 1. The molecular weight excluding hydrogens is 352 g/mol. The molecular formula is C23H30N2O3. The molecule has 1 aliphatic heterocycles. The zero-order valence-electron chi connectivity index (χ0n) is 16.9. The molecule has 5 heteroatoms. The highest BCUT2D eigenvalue weighted by Crippen LogP contribution is 2.23. The van der Waals surface area contributed by atoms with Gasteiger partial charge in [0, 0.05) is 19.6 Å². The molecule has 0 unspecified atom stereocenters. The number of nitrogens with zero attached hydrogens (tertiary/aromatic N) is 2. The number of hydrogen-bond acceptors (Lipinski definition) is 4. The first-order chi connectivity index (χ1) is 13.3. The van der Waals surface area contributed by atoms with Crippen molar-refractivity contribution < 1.29 is 14.6 Å². The maximum absolute atomic E-state index is 12.5. The Morgan fingerprint density at radius 1 is 1.00 bits per heavy atom. The van der Waals surface area contributed by atoms with Crippen LogP contribution in [0.5, 0.6) is 0 Å². The van der Waals surface area contributed by atoms with E-state index in [9.17, 15) is 9.90 Å². The number of ether oxygens (including phenoxy) is 1. The Morgan fingerprint density at radius 3 is 1.96 bits per heavy atom. The lowest BCUT2D eigenvalue weighted by Crippen LogP contribution is -2.43. The third-order valence-corrected chi connectivity index (χ3v) is 4.84. The van der Waals surface area contributed by atoms with Crippen LogP contribution < -0.4 is 0 Å². The number of aliphatic hydroxyl groups excluding tert-OH is 1. The highest BCUT2D eigenvalue weighted by Gasteiger charge is 2.39. The molecule has 28 heavy (non-hydrogen) atoms. The normalized spacial score (nSPS) is 19.8. The van der Waals surface area contributed by atoms with Crippen LogP contribution in [0.1, 0.15) is 31.9 Å². The minimum Gasteiger partial charge on any atom is -0.444 e. The molecule has 1 fully saturated rings. The van der Waals surface area contributed by atoms with Gasteiger partial charge < -0.3 is 14.7 Å². The third-order valence-electron chi connectivity index (χ3n) is 4.84. The molecule has 3 rings (SSSR count). The zero-order valence-corrected chi connectivity index (χ0v) is 16.9. The van der Waals surface area contributed by atoms with Crippen molar-refractivity contribution in [2.45, 2.75) is 51.6 Å². The average Bonchev–Trinajstić information content (AvgIpc) is 3.03. The van der Waals surface area contributed by atoms with Crippen LogP contribution in [-0.2, 0) is 17.8 Å². The molecule has 0 aliphatic carbocycles. The molecule has 150 valence electrons. The van der Waals surface area contributed by atoms with Crippen molar-refractivity contribution in [3.05, 3.63) is 71.8 Å². The minimum atomic E-state index is -0.611. The molecule has 0 radical (unpaired) electrons. The number of carbonyl (C=O) groups is 1. The lowest BCUT2D eigenvalue weighted by molar-refractivity contribution is 0.0269. The summed E-state index contributed by atoms with van der Waals surface area (Å²) in [6.45, 7) is 7.72. The van der Waals surface area contributed by atoms with E-state index < -0.39 is 11.7 Å². The van der Waals surface area contributed by atoms with Crippen LogP contribution in [0.2, 0.25) is 0 Å². The van der Waals surface area contributed by atoms with Crippen LogP contribution in [0.15, 0.2) is 60.7 Å². The number of likely N-dealkylation sites (tertiary alicyclic amines) is 1. The fraction of sp³-hybridized carbons (Fsp3) is 0.435. The lowest BCUT2D eigenvalue weighted by Gasteiger charge is -2.31. The number of carbonyl (C=O) groups excluding carboxylic acids is 1. The molecule has 5 nitrogen and oxygen atoms in total. The molecule has 1 aliphatic rings. The second kappa shape index (κ2) is 8.76. The van der Waals surface area contributed by atoms with Crippen molar-refractivity contribution in [1.29, 1.82) is 0 Å². The maximum Gasteiger partial charge on any atom is 0.410 e. The molecule has 0 saturated carbocycles. The minimum absolute atomic E-state index is 0.145. The number of hydrogen-bond donors (Lipinski definition) is 1. The predicted octanol–water partition coefficient (Wildman–Crippen LogP) is 3.67. The Morgan fingerprint density at radius 2 is 1.50 bits per heavy atom. The van der Waals surface area contributed by atoms with Crippen molar-refractivity contribution in [2.75, 3.05) is 13.1 Å². The molecule has 0 spiro atoms. The van der Waals surface area contributed by atoms with Gasteiger partial charge in [0.15, 0.2) is 0 Å². The topological polar surface area (TPSA) is 53.0 Å². The van der Waals surface area contributed by atoms with Crippen LogP contribution in [0, 0.1) is 0 Å². The van der Waals surface area contributed by atoms with E-state index >= 15 is 0 Å². The summed E-state index contributed by atoms with van der Waals surface area (Å²) in [7, 11) is 0. The van der Waals surface area contributed by atoms with Crippen molar-refractivity contribution in [2.24, 2.45) is 0 Å². The van der Waals surface area contributed by atoms with Crippen molar-refractivity contribution in [1.82, 2.24) is 9.80 Å². The van der Waals surface area contributed by atoms with E-state index in [-0.39, 0.29) is 12.1 Å². The van der Waals surface area contributed by atoms with Crippen LogP contribution in [0.3, 0.4) is 0 Å². The van der Waals surface area contributed by atoms with E-state index in [1.54, 1.807) is 4.90 Å². The van der Waals surface area contributed by atoms with Gasteiger partial charge in [-0.2, -0.15) is 0 Å². The van der Waals surface area contributed by atoms with Crippen LogP contribution in [0.25, 0.3) is 0 Å². The van der Waals surface area contributed by atoms with Gasteiger partial charge in [0.25, 0.3) is 0 Å². The first kappa shape index (κ1) is 20.4. The Labute approximate surface area is 167 Å². The maximum atomic E-state index is 12.5. The zero-order chi connectivity index (χ0) is 20.1. The fourth-order valence-corrected chi connectivity index (χ4v) is 3.53. The predicted molar refractivity (Wildman–Crippen MR) is 110 cm³/mol. The van der Waals surface area contributed by atoms with Gasteiger partial charge in [0.05, 0.1) is 18.7 Å². The highest BCUT2D eigenvalue weighted by atomic mass is 16.6. The summed E-state index contributed by atoms with van der Waals surface area (Å²) in [4.78, 5) is 16.3. The second-order valence-corrected chi connectivity index (χ2v) is 8.40. The van der Waals surface area contributed by atoms with Crippen LogP contribution in [0.4, 0.5) is 4.79 Å². The van der Waals surface area contributed by atoms with E-state index in [1.807, 2.05) is 57.2 Å². The van der Waals surface area contributed by atoms with Gasteiger partial charge >= 0.3 is 6.09 Å². The van der Waals surface area contributed by atoms with Gasteiger partial charge in [0.2, 0.25) is 0 Å². The standard InChI is InChI=1S/C23H30N2O3/c1-23(2,3)28-22(27)25-16-20(21(26)17-25)24(14-18-10-6-4-7-11-18)15-19-12-8-5-9-13-19/h4-13,20-21,26H,14-17H2,1-3H3/t20-,21-/m0/s1. The molecule has 1 amide bonds. The molecule has 1 heterocycles. The summed E-state index contributed by atoms with van der Waals surface area (Å²) < 4.78 is 5.49. The quantitative estimate of drug-likeness (QED) is 0.857. The molecule has 2 aromatic carbocycles. The van der Waals surface area contributed by atoms with Gasteiger partial charge in [0.1, 0.15) is 5.60 Å². The molecule has 2 aromatic rings. The van der Waals surface area contributed by atoms with Crippen LogP contribution >= 0.6 is 0 Å². The van der Waals surface area contributed by atoms with Gasteiger partial charge in [-0.1, -0.05) is 60.7 Å². The molecule has 1 saturated heterocycles. The Kier molecular flexibility index (Phi) is 6.37. The summed E-state index contributed by atoms with van der Waals surface area (Å²) in [5.41, 5.74) is 1.82. The summed E-state index contributed by atoms with van der Waals surface area (Å²) >= 11 is 0. The molecule has 2 atom stereocenters. The van der Waals surface area contributed by atoms with Gasteiger partial charge in [-0.15, -0.1) is 0 Å². The SMILES string of the molecule is CC(C)(C)OC(=O)N1C[C@H](O)[C@@H](N(Cc2ccccc2)Cc2ccccc2)C1. The highest BCUT2D eigenvalue weighted by molar-refractivity contribution is 5.68. The Hall–Kier alpha value is -2.37. The molecule has 0 aromatic heterocycles.